The molecule has 3 rings (SSSR count). The lowest BCUT2D eigenvalue weighted by atomic mass is 9.87. The van der Waals surface area contributed by atoms with Crippen molar-refractivity contribution < 1.29 is 0 Å². The van der Waals surface area contributed by atoms with Gasteiger partial charge in [0.15, 0.2) is 0 Å². The quantitative estimate of drug-likeness (QED) is 0.802. The molecule has 1 fully saturated rings. The zero-order chi connectivity index (χ0) is 13.2. The van der Waals surface area contributed by atoms with Crippen molar-refractivity contribution in [1.82, 2.24) is 4.98 Å². The van der Waals surface area contributed by atoms with Crippen LogP contribution >= 0.6 is 0 Å². The number of rotatable bonds is 2. The fraction of sp³-hybridized carbons (Fsp3) is 0.438. The molecular formula is C16H21N3. The first kappa shape index (κ1) is 12.3. The molecule has 3 N–H and O–H groups in total. The molecule has 1 aromatic carbocycles. The lowest BCUT2D eigenvalue weighted by Gasteiger charge is -2.28. The van der Waals surface area contributed by atoms with Crippen LogP contribution in [0.1, 0.15) is 32.6 Å². The molecule has 0 spiro atoms. The molecule has 2 atom stereocenters. The van der Waals surface area contributed by atoms with E-state index in [9.17, 15) is 0 Å². The van der Waals surface area contributed by atoms with Gasteiger partial charge in [-0.2, -0.15) is 0 Å². The summed E-state index contributed by atoms with van der Waals surface area (Å²) in [5.41, 5.74) is 8.80. The van der Waals surface area contributed by atoms with E-state index in [0.29, 0.717) is 6.04 Å². The first-order valence-corrected chi connectivity index (χ1v) is 7.14. The van der Waals surface area contributed by atoms with Crippen LogP contribution in [0.25, 0.3) is 10.9 Å². The molecule has 0 aliphatic heterocycles. The number of para-hydroxylation sites is 1. The molecule has 1 aromatic heterocycles. The van der Waals surface area contributed by atoms with Crippen LogP contribution in [0.3, 0.4) is 0 Å². The number of nitrogens with two attached hydrogens (primary N) is 1. The number of anilines is 2. The van der Waals surface area contributed by atoms with E-state index in [1.54, 1.807) is 0 Å². The molecule has 1 heterocycles. The second-order valence-corrected chi connectivity index (χ2v) is 5.71. The molecule has 3 nitrogen and oxygen atoms in total. The number of benzene rings is 1. The van der Waals surface area contributed by atoms with Crippen LogP contribution in [0.4, 0.5) is 11.4 Å². The fourth-order valence-corrected chi connectivity index (χ4v) is 3.11. The Labute approximate surface area is 114 Å². The summed E-state index contributed by atoms with van der Waals surface area (Å²) in [7, 11) is 0. The van der Waals surface area contributed by atoms with Crippen molar-refractivity contribution in [3.8, 4) is 0 Å². The first-order chi connectivity index (χ1) is 9.24. The summed E-state index contributed by atoms with van der Waals surface area (Å²) in [6.07, 6.45) is 7.04. The van der Waals surface area contributed by atoms with Crippen molar-refractivity contribution in [3.63, 3.8) is 0 Å². The molecule has 1 aliphatic carbocycles. The summed E-state index contributed by atoms with van der Waals surface area (Å²) in [5, 5.41) is 4.81. The van der Waals surface area contributed by atoms with E-state index >= 15 is 0 Å². The van der Waals surface area contributed by atoms with Gasteiger partial charge in [-0.1, -0.05) is 31.9 Å². The second-order valence-electron chi connectivity index (χ2n) is 5.71. The van der Waals surface area contributed by atoms with Gasteiger partial charge in [0.2, 0.25) is 0 Å². The molecule has 2 aromatic rings. The highest BCUT2D eigenvalue weighted by molar-refractivity contribution is 5.97. The second kappa shape index (κ2) is 5.08. The van der Waals surface area contributed by atoms with Crippen molar-refractivity contribution in [2.45, 2.75) is 38.6 Å². The third-order valence-corrected chi connectivity index (χ3v) is 4.10. The van der Waals surface area contributed by atoms with Crippen molar-refractivity contribution in [1.29, 1.82) is 0 Å². The molecule has 0 amide bonds. The number of fused-ring (bicyclic) bond motifs is 1. The van der Waals surface area contributed by atoms with Gasteiger partial charge >= 0.3 is 0 Å². The van der Waals surface area contributed by atoms with E-state index in [1.807, 2.05) is 18.3 Å². The Balaban J connectivity index is 1.90. The Morgan fingerprint density at radius 3 is 3.00 bits per heavy atom. The van der Waals surface area contributed by atoms with Crippen LogP contribution < -0.4 is 11.1 Å². The summed E-state index contributed by atoms with van der Waals surface area (Å²) in [6.45, 7) is 2.34. The van der Waals surface area contributed by atoms with E-state index in [-0.39, 0.29) is 0 Å². The Bertz CT molecular complexity index is 579. The number of nitrogens with one attached hydrogen (secondary N) is 1. The smallest absolute Gasteiger partial charge is 0.0951 e. The number of nitrogens with zero attached hydrogens (tertiary/aromatic N) is 1. The van der Waals surface area contributed by atoms with Gasteiger partial charge in [0.05, 0.1) is 11.2 Å². The number of hydrogen-bond acceptors (Lipinski definition) is 3. The van der Waals surface area contributed by atoms with E-state index in [2.05, 4.69) is 29.4 Å². The monoisotopic (exact) mass is 255 g/mol. The Morgan fingerprint density at radius 2 is 2.16 bits per heavy atom. The average Bonchev–Trinajstić information content (AvgIpc) is 2.40. The summed E-state index contributed by atoms with van der Waals surface area (Å²) < 4.78 is 0. The van der Waals surface area contributed by atoms with E-state index < -0.39 is 0 Å². The maximum atomic E-state index is 5.99. The molecule has 0 saturated heterocycles. The van der Waals surface area contributed by atoms with Crippen molar-refractivity contribution in [2.24, 2.45) is 5.92 Å². The third-order valence-electron chi connectivity index (χ3n) is 4.10. The Morgan fingerprint density at radius 1 is 1.26 bits per heavy atom. The molecular weight excluding hydrogens is 234 g/mol. The minimum absolute atomic E-state index is 0.579. The van der Waals surface area contributed by atoms with Crippen LogP contribution in [-0.4, -0.2) is 11.0 Å². The SMILES string of the molecule is CC1CCCC(Nc2ccnc3c(N)cccc23)C1. The van der Waals surface area contributed by atoms with Gasteiger partial charge in [0.25, 0.3) is 0 Å². The number of nitrogen functional groups attached to an aromatic ring is 1. The van der Waals surface area contributed by atoms with Gasteiger partial charge in [-0.15, -0.1) is 0 Å². The minimum atomic E-state index is 0.579. The molecule has 19 heavy (non-hydrogen) atoms. The fourth-order valence-electron chi connectivity index (χ4n) is 3.11. The van der Waals surface area contributed by atoms with E-state index in [1.165, 1.54) is 25.7 Å². The van der Waals surface area contributed by atoms with Gasteiger partial charge < -0.3 is 11.1 Å². The summed E-state index contributed by atoms with van der Waals surface area (Å²) in [5.74, 6) is 0.824. The average molecular weight is 255 g/mol. The van der Waals surface area contributed by atoms with Gasteiger partial charge in [-0.25, -0.2) is 0 Å². The maximum absolute atomic E-state index is 5.99. The highest BCUT2D eigenvalue weighted by atomic mass is 14.9. The minimum Gasteiger partial charge on any atom is -0.397 e. The summed E-state index contributed by atoms with van der Waals surface area (Å²) in [4.78, 5) is 4.38. The standard InChI is InChI=1S/C16H21N3/c1-11-4-2-5-12(10-11)19-15-8-9-18-16-13(15)6-3-7-14(16)17/h3,6-9,11-12H,2,4-5,10,17H2,1H3,(H,18,19). The Kier molecular flexibility index (Phi) is 3.28. The van der Waals surface area contributed by atoms with Crippen LogP contribution in [-0.2, 0) is 0 Å². The van der Waals surface area contributed by atoms with Gasteiger partial charge in [-0.3, -0.25) is 4.98 Å². The van der Waals surface area contributed by atoms with Crippen LogP contribution in [0.5, 0.6) is 0 Å². The topological polar surface area (TPSA) is 50.9 Å². The first-order valence-electron chi connectivity index (χ1n) is 7.14. The van der Waals surface area contributed by atoms with Crippen molar-refractivity contribution >= 4 is 22.3 Å². The molecule has 2 unspecified atom stereocenters. The molecule has 0 bridgehead atoms. The molecule has 3 heteroatoms. The predicted molar refractivity (Wildman–Crippen MR) is 81.2 cm³/mol. The summed E-state index contributed by atoms with van der Waals surface area (Å²) >= 11 is 0. The number of pyridine rings is 1. The highest BCUT2D eigenvalue weighted by Gasteiger charge is 2.19. The predicted octanol–water partition coefficient (Wildman–Crippen LogP) is 3.81. The third kappa shape index (κ3) is 2.50. The molecule has 100 valence electrons. The van der Waals surface area contributed by atoms with Crippen LogP contribution in [0.2, 0.25) is 0 Å². The van der Waals surface area contributed by atoms with Crippen molar-refractivity contribution in [3.05, 3.63) is 30.5 Å². The van der Waals surface area contributed by atoms with Gasteiger partial charge in [0.1, 0.15) is 0 Å². The maximum Gasteiger partial charge on any atom is 0.0951 e. The van der Waals surface area contributed by atoms with E-state index in [4.69, 9.17) is 5.73 Å². The lowest BCUT2D eigenvalue weighted by molar-refractivity contribution is 0.359. The highest BCUT2D eigenvalue weighted by Crippen LogP contribution is 2.30. The van der Waals surface area contributed by atoms with Crippen molar-refractivity contribution in [2.75, 3.05) is 11.1 Å². The zero-order valence-corrected chi connectivity index (χ0v) is 11.4. The normalized spacial score (nSPS) is 23.4. The van der Waals surface area contributed by atoms with E-state index in [0.717, 1.165) is 28.2 Å². The lowest BCUT2D eigenvalue weighted by Crippen LogP contribution is -2.26. The largest absolute Gasteiger partial charge is 0.397 e. The van der Waals surface area contributed by atoms with Gasteiger partial charge in [0, 0.05) is 23.3 Å². The molecule has 1 aliphatic rings. The zero-order valence-electron chi connectivity index (χ0n) is 11.4. The van der Waals surface area contributed by atoms with Crippen LogP contribution in [0, 0.1) is 5.92 Å². The van der Waals surface area contributed by atoms with Crippen LogP contribution in [0.15, 0.2) is 30.5 Å². The number of hydrogen-bond donors (Lipinski definition) is 2. The summed E-state index contributed by atoms with van der Waals surface area (Å²) in [6, 6.07) is 8.63. The number of aromatic nitrogens is 1. The molecule has 0 radical (unpaired) electrons. The van der Waals surface area contributed by atoms with Gasteiger partial charge in [-0.05, 0) is 30.9 Å². The molecule has 1 saturated carbocycles. The Hall–Kier alpha value is -1.77.